The first-order valence-corrected chi connectivity index (χ1v) is 5.98. The number of hydrogen-bond acceptors (Lipinski definition) is 2. The fraction of sp³-hybridized carbons (Fsp3) is 0.500. The summed E-state index contributed by atoms with van der Waals surface area (Å²) in [5.74, 6) is 1.02. The molecule has 1 aromatic heterocycles. The van der Waals surface area contributed by atoms with Crippen LogP contribution in [0.25, 0.3) is 0 Å². The maximum atomic E-state index is 5.96. The molecule has 3 heteroatoms. The van der Waals surface area contributed by atoms with E-state index in [0.29, 0.717) is 5.38 Å². The fourth-order valence-electron chi connectivity index (χ4n) is 0.639. The van der Waals surface area contributed by atoms with E-state index in [1.807, 2.05) is 11.8 Å². The van der Waals surface area contributed by atoms with Crippen molar-refractivity contribution in [1.29, 1.82) is 0 Å². The van der Waals surface area contributed by atoms with Gasteiger partial charge in [-0.15, -0.1) is 23.4 Å². The van der Waals surface area contributed by atoms with Gasteiger partial charge in [-0.05, 0) is 17.9 Å². The van der Waals surface area contributed by atoms with Crippen molar-refractivity contribution in [3.05, 3.63) is 16.8 Å². The molecular formula is C8H11ClS2. The molecule has 1 heterocycles. The molecule has 1 unspecified atom stereocenters. The maximum absolute atomic E-state index is 5.96. The van der Waals surface area contributed by atoms with E-state index >= 15 is 0 Å². The second-order valence-corrected chi connectivity index (χ2v) is 4.77. The Morgan fingerprint density at radius 1 is 1.73 bits per heavy atom. The monoisotopic (exact) mass is 206 g/mol. The molecule has 0 spiro atoms. The highest BCUT2D eigenvalue weighted by molar-refractivity contribution is 7.99. The summed E-state index contributed by atoms with van der Waals surface area (Å²) < 4.78 is 0. The van der Waals surface area contributed by atoms with Crippen molar-refractivity contribution in [1.82, 2.24) is 0 Å². The van der Waals surface area contributed by atoms with E-state index in [1.165, 1.54) is 4.90 Å². The topological polar surface area (TPSA) is 0 Å². The fourth-order valence-corrected chi connectivity index (χ4v) is 2.64. The Balaban J connectivity index is 2.23. The molecule has 1 aromatic rings. The smallest absolute Gasteiger partial charge is 0.0427 e. The second-order valence-electron chi connectivity index (χ2n) is 2.28. The minimum absolute atomic E-state index is 0.319. The number of alkyl halides is 1. The Hall–Kier alpha value is 0.340. The van der Waals surface area contributed by atoms with Crippen molar-refractivity contribution in [3.8, 4) is 0 Å². The van der Waals surface area contributed by atoms with Gasteiger partial charge in [-0.2, -0.15) is 11.3 Å². The normalized spacial score (nSPS) is 13.3. The summed E-state index contributed by atoms with van der Waals surface area (Å²) in [5, 5.41) is 4.57. The average Bonchev–Trinajstić information content (AvgIpc) is 2.52. The molecule has 62 valence electrons. The van der Waals surface area contributed by atoms with Gasteiger partial charge in [0.15, 0.2) is 0 Å². The van der Waals surface area contributed by atoms with Gasteiger partial charge in [0, 0.05) is 21.4 Å². The number of thioether (sulfide) groups is 1. The predicted molar refractivity (Wildman–Crippen MR) is 55.0 cm³/mol. The van der Waals surface area contributed by atoms with Crippen molar-refractivity contribution >= 4 is 34.7 Å². The zero-order chi connectivity index (χ0) is 8.10. The van der Waals surface area contributed by atoms with Crippen molar-refractivity contribution in [3.63, 3.8) is 0 Å². The number of halogens is 1. The minimum atomic E-state index is 0.319. The first-order valence-electron chi connectivity index (χ1n) is 3.62. The Labute approximate surface area is 81.0 Å². The van der Waals surface area contributed by atoms with E-state index in [9.17, 15) is 0 Å². The van der Waals surface area contributed by atoms with Gasteiger partial charge in [0.25, 0.3) is 0 Å². The third-order valence-corrected chi connectivity index (χ3v) is 4.00. The largest absolute Gasteiger partial charge is 0.151 e. The van der Waals surface area contributed by atoms with E-state index in [1.54, 1.807) is 11.3 Å². The Bertz CT molecular complexity index is 184. The third-order valence-electron chi connectivity index (χ3n) is 1.37. The van der Waals surface area contributed by atoms with Crippen LogP contribution in [0.1, 0.15) is 13.3 Å². The lowest BCUT2D eigenvalue weighted by atomic mass is 10.4. The molecule has 0 nitrogen and oxygen atoms in total. The van der Waals surface area contributed by atoms with Crippen molar-refractivity contribution in [2.75, 3.05) is 5.75 Å². The summed E-state index contributed by atoms with van der Waals surface area (Å²) in [7, 11) is 0. The molecule has 0 aliphatic heterocycles. The van der Waals surface area contributed by atoms with Crippen LogP contribution in [-0.2, 0) is 0 Å². The SMILES string of the molecule is CCC(Cl)CSc1ccsc1. The standard InChI is InChI=1S/C8H11ClS2/c1-2-7(9)5-11-8-3-4-10-6-8/h3-4,6-7H,2,5H2,1H3. The lowest BCUT2D eigenvalue weighted by Crippen LogP contribution is -1.98. The first kappa shape index (κ1) is 9.43. The van der Waals surface area contributed by atoms with E-state index < -0.39 is 0 Å². The first-order chi connectivity index (χ1) is 5.33. The Morgan fingerprint density at radius 2 is 2.55 bits per heavy atom. The molecule has 1 atom stereocenters. The zero-order valence-corrected chi connectivity index (χ0v) is 8.81. The zero-order valence-electron chi connectivity index (χ0n) is 6.42. The van der Waals surface area contributed by atoms with Crippen LogP contribution in [0.4, 0.5) is 0 Å². The van der Waals surface area contributed by atoms with Crippen LogP contribution in [0.5, 0.6) is 0 Å². The molecule has 0 fully saturated rings. The van der Waals surface area contributed by atoms with Crippen molar-refractivity contribution < 1.29 is 0 Å². The molecule has 0 aromatic carbocycles. The van der Waals surface area contributed by atoms with Gasteiger partial charge in [-0.1, -0.05) is 6.92 Å². The maximum Gasteiger partial charge on any atom is 0.0427 e. The van der Waals surface area contributed by atoms with Crippen LogP contribution in [0.3, 0.4) is 0 Å². The van der Waals surface area contributed by atoms with Crippen LogP contribution >= 0.6 is 34.7 Å². The van der Waals surface area contributed by atoms with Crippen LogP contribution in [0.2, 0.25) is 0 Å². The van der Waals surface area contributed by atoms with E-state index in [-0.39, 0.29) is 0 Å². The third kappa shape index (κ3) is 3.50. The second kappa shape index (κ2) is 5.07. The molecule has 0 saturated carbocycles. The average molecular weight is 207 g/mol. The van der Waals surface area contributed by atoms with E-state index in [2.05, 4.69) is 23.8 Å². The molecule has 0 bridgehead atoms. The van der Waals surface area contributed by atoms with E-state index in [0.717, 1.165) is 12.2 Å². The van der Waals surface area contributed by atoms with Crippen molar-refractivity contribution in [2.24, 2.45) is 0 Å². The molecule has 0 N–H and O–H groups in total. The molecule has 1 rings (SSSR count). The highest BCUT2D eigenvalue weighted by Crippen LogP contribution is 2.23. The lowest BCUT2D eigenvalue weighted by Gasteiger charge is -2.03. The highest BCUT2D eigenvalue weighted by Gasteiger charge is 2.01. The summed E-state index contributed by atoms with van der Waals surface area (Å²) in [6.45, 7) is 2.12. The summed E-state index contributed by atoms with van der Waals surface area (Å²) in [6.07, 6.45) is 1.05. The van der Waals surface area contributed by atoms with Gasteiger partial charge in [0.1, 0.15) is 0 Å². The van der Waals surface area contributed by atoms with Gasteiger partial charge < -0.3 is 0 Å². The van der Waals surface area contributed by atoms with Gasteiger partial charge >= 0.3 is 0 Å². The van der Waals surface area contributed by atoms with Gasteiger partial charge in [-0.3, -0.25) is 0 Å². The Kier molecular flexibility index (Phi) is 4.34. The summed E-state index contributed by atoms with van der Waals surface area (Å²) in [5.41, 5.74) is 0. The summed E-state index contributed by atoms with van der Waals surface area (Å²) >= 11 is 9.54. The summed E-state index contributed by atoms with van der Waals surface area (Å²) in [4.78, 5) is 1.34. The van der Waals surface area contributed by atoms with Crippen LogP contribution < -0.4 is 0 Å². The molecular weight excluding hydrogens is 196 g/mol. The van der Waals surface area contributed by atoms with Gasteiger partial charge in [0.2, 0.25) is 0 Å². The highest BCUT2D eigenvalue weighted by atomic mass is 35.5. The molecule has 0 radical (unpaired) electrons. The van der Waals surface area contributed by atoms with Crippen molar-refractivity contribution in [2.45, 2.75) is 23.6 Å². The van der Waals surface area contributed by atoms with Crippen LogP contribution in [0.15, 0.2) is 21.7 Å². The van der Waals surface area contributed by atoms with Gasteiger partial charge in [-0.25, -0.2) is 0 Å². The minimum Gasteiger partial charge on any atom is -0.151 e. The van der Waals surface area contributed by atoms with Gasteiger partial charge in [0.05, 0.1) is 0 Å². The van der Waals surface area contributed by atoms with E-state index in [4.69, 9.17) is 11.6 Å². The number of hydrogen-bond donors (Lipinski definition) is 0. The quantitative estimate of drug-likeness (QED) is 0.533. The Morgan fingerprint density at radius 3 is 3.09 bits per heavy atom. The molecule has 0 aliphatic rings. The predicted octanol–water partition coefficient (Wildman–Crippen LogP) is 3.86. The molecule has 11 heavy (non-hydrogen) atoms. The molecule has 0 aliphatic carbocycles. The van der Waals surface area contributed by atoms with Crippen LogP contribution in [-0.4, -0.2) is 11.1 Å². The molecule has 0 saturated heterocycles. The number of rotatable bonds is 4. The lowest BCUT2D eigenvalue weighted by molar-refractivity contribution is 0.905. The number of thiophene rings is 1. The summed E-state index contributed by atoms with van der Waals surface area (Å²) in [6, 6.07) is 2.13. The molecule has 0 amide bonds. The van der Waals surface area contributed by atoms with Crippen LogP contribution in [0, 0.1) is 0 Å².